The Morgan fingerprint density at radius 2 is 1.89 bits per heavy atom. The van der Waals surface area contributed by atoms with E-state index in [4.69, 9.17) is 14.9 Å². The van der Waals surface area contributed by atoms with Gasteiger partial charge in [-0.05, 0) is 20.3 Å². The van der Waals surface area contributed by atoms with Crippen molar-refractivity contribution in [3.05, 3.63) is 23.8 Å². The van der Waals surface area contributed by atoms with Crippen LogP contribution in [-0.4, -0.2) is 88.9 Å². The molecule has 15 heteroatoms. The molecule has 5 heterocycles. The molecule has 3 aliphatic heterocycles. The monoisotopic (exact) mass is 535 g/mol. The topological polar surface area (TPSA) is 133 Å². The SMILES string of the molecule is CNc1nc(COC(=N)N2CC[C@H]2C(F)(F)F)nc2c1C(C)(C)C(=O)N2c1cnc(N2CCOCC2)nc1. The third kappa shape index (κ3) is 4.44. The van der Waals surface area contributed by atoms with Gasteiger partial charge in [0.05, 0.1) is 42.3 Å². The van der Waals surface area contributed by atoms with Crippen molar-refractivity contribution in [3.8, 4) is 0 Å². The average molecular weight is 536 g/mol. The molecule has 0 unspecified atom stereocenters. The Morgan fingerprint density at radius 1 is 1.21 bits per heavy atom. The van der Waals surface area contributed by atoms with Crippen LogP contribution in [-0.2, 0) is 26.3 Å². The largest absolute Gasteiger partial charge is 0.457 e. The normalized spacial score (nSPS) is 20.7. The van der Waals surface area contributed by atoms with E-state index >= 15 is 0 Å². The number of nitrogens with one attached hydrogen (secondary N) is 2. The molecule has 0 aromatic carbocycles. The van der Waals surface area contributed by atoms with Crippen LogP contribution in [0.3, 0.4) is 0 Å². The van der Waals surface area contributed by atoms with Crippen LogP contribution in [0.25, 0.3) is 0 Å². The van der Waals surface area contributed by atoms with Crippen LogP contribution in [0.1, 0.15) is 31.7 Å². The van der Waals surface area contributed by atoms with Crippen molar-refractivity contribution in [3.63, 3.8) is 0 Å². The summed E-state index contributed by atoms with van der Waals surface area (Å²) in [4.78, 5) is 35.6. The van der Waals surface area contributed by atoms with E-state index in [1.165, 1.54) is 4.90 Å². The van der Waals surface area contributed by atoms with Crippen LogP contribution in [0.2, 0.25) is 0 Å². The van der Waals surface area contributed by atoms with Gasteiger partial charge in [0.1, 0.15) is 17.7 Å². The fraction of sp³-hybridized carbons (Fsp3) is 0.565. The average Bonchev–Trinajstić information content (AvgIpc) is 3.06. The number of amidine groups is 1. The Labute approximate surface area is 216 Å². The molecule has 1 amide bonds. The fourth-order valence-corrected chi connectivity index (χ4v) is 4.74. The lowest BCUT2D eigenvalue weighted by Gasteiger charge is -2.42. The minimum atomic E-state index is -4.44. The minimum absolute atomic E-state index is 0.0761. The number of carbonyl (C=O) groups is 1. The number of aromatic nitrogens is 4. The van der Waals surface area contributed by atoms with E-state index in [1.807, 2.05) is 4.90 Å². The van der Waals surface area contributed by atoms with Crippen molar-refractivity contribution < 1.29 is 27.4 Å². The first-order valence-corrected chi connectivity index (χ1v) is 12.2. The second-order valence-corrected chi connectivity index (χ2v) is 9.68. The van der Waals surface area contributed by atoms with Gasteiger partial charge >= 0.3 is 6.18 Å². The van der Waals surface area contributed by atoms with Gasteiger partial charge < -0.3 is 24.6 Å². The number of ether oxygens (including phenoxy) is 2. The highest BCUT2D eigenvalue weighted by atomic mass is 19.4. The van der Waals surface area contributed by atoms with Crippen LogP contribution in [0, 0.1) is 5.41 Å². The number of hydrogen-bond acceptors (Lipinski definition) is 10. The maximum atomic E-state index is 13.6. The predicted molar refractivity (Wildman–Crippen MR) is 130 cm³/mol. The van der Waals surface area contributed by atoms with Crippen LogP contribution < -0.4 is 15.1 Å². The van der Waals surface area contributed by atoms with E-state index in [1.54, 1.807) is 33.3 Å². The molecule has 2 N–H and O–H groups in total. The molecule has 2 fully saturated rings. The van der Waals surface area contributed by atoms with Crippen molar-refractivity contribution in [1.29, 1.82) is 5.41 Å². The van der Waals surface area contributed by atoms with E-state index < -0.39 is 23.7 Å². The minimum Gasteiger partial charge on any atom is -0.457 e. The van der Waals surface area contributed by atoms with Crippen molar-refractivity contribution in [2.45, 2.75) is 44.5 Å². The van der Waals surface area contributed by atoms with E-state index in [9.17, 15) is 18.0 Å². The van der Waals surface area contributed by atoms with Gasteiger partial charge in [-0.2, -0.15) is 13.2 Å². The summed E-state index contributed by atoms with van der Waals surface area (Å²) in [5.41, 5.74) is -0.0195. The first-order chi connectivity index (χ1) is 18.0. The number of anilines is 4. The zero-order valence-corrected chi connectivity index (χ0v) is 21.2. The zero-order chi connectivity index (χ0) is 27.2. The van der Waals surface area contributed by atoms with Gasteiger partial charge in [0.2, 0.25) is 11.9 Å². The number of fused-ring (bicyclic) bond motifs is 1. The van der Waals surface area contributed by atoms with Gasteiger partial charge in [0.25, 0.3) is 6.02 Å². The van der Waals surface area contributed by atoms with Crippen LogP contribution in [0.15, 0.2) is 12.4 Å². The van der Waals surface area contributed by atoms with Gasteiger partial charge in [-0.1, -0.05) is 0 Å². The summed E-state index contributed by atoms with van der Waals surface area (Å²) >= 11 is 0. The number of likely N-dealkylation sites (tertiary alicyclic amines) is 1. The number of nitrogens with zero attached hydrogens (tertiary/aromatic N) is 7. The maximum Gasteiger partial charge on any atom is 0.408 e. The second kappa shape index (κ2) is 9.53. The van der Waals surface area contributed by atoms with Gasteiger partial charge in [-0.25, -0.2) is 19.9 Å². The molecule has 0 bridgehead atoms. The lowest BCUT2D eigenvalue weighted by molar-refractivity contribution is -0.199. The Hall–Kier alpha value is -3.75. The number of rotatable bonds is 5. The molecule has 204 valence electrons. The third-order valence-corrected chi connectivity index (χ3v) is 6.92. The molecule has 5 rings (SSSR count). The van der Waals surface area contributed by atoms with Gasteiger partial charge in [0, 0.05) is 26.7 Å². The molecule has 12 nitrogen and oxygen atoms in total. The number of carbonyl (C=O) groups excluding carboxylic acids is 1. The Balaban J connectivity index is 1.41. The number of alkyl halides is 3. The van der Waals surface area contributed by atoms with Crippen LogP contribution in [0.4, 0.5) is 36.4 Å². The highest BCUT2D eigenvalue weighted by Crippen LogP contribution is 2.47. The Bertz CT molecular complexity index is 1230. The van der Waals surface area contributed by atoms with Crippen molar-refractivity contribution >= 4 is 35.2 Å². The molecule has 3 aliphatic rings. The molecular formula is C23H28F3N9O3. The summed E-state index contributed by atoms with van der Waals surface area (Å²) < 4.78 is 50.0. The Morgan fingerprint density at radius 3 is 2.47 bits per heavy atom. The zero-order valence-electron chi connectivity index (χ0n) is 21.2. The molecule has 1 atom stereocenters. The number of hydrogen-bond donors (Lipinski definition) is 2. The summed E-state index contributed by atoms with van der Waals surface area (Å²) in [6, 6.07) is -2.34. The Kier molecular flexibility index (Phi) is 6.49. The van der Waals surface area contributed by atoms with Crippen molar-refractivity contribution in [1.82, 2.24) is 24.8 Å². The molecule has 2 aromatic rings. The van der Waals surface area contributed by atoms with Crippen molar-refractivity contribution in [2.75, 3.05) is 55.0 Å². The molecule has 0 saturated carbocycles. The highest BCUT2D eigenvalue weighted by molar-refractivity contribution is 6.12. The first-order valence-electron chi connectivity index (χ1n) is 12.2. The molecule has 0 radical (unpaired) electrons. The number of amides is 1. The number of halogens is 3. The van der Waals surface area contributed by atoms with Gasteiger partial charge in [-0.3, -0.25) is 15.1 Å². The van der Waals surface area contributed by atoms with Crippen LogP contribution in [0.5, 0.6) is 0 Å². The molecule has 38 heavy (non-hydrogen) atoms. The summed E-state index contributed by atoms with van der Waals surface area (Å²) in [5.74, 6) is 1.04. The lowest BCUT2D eigenvalue weighted by atomic mass is 9.87. The van der Waals surface area contributed by atoms with E-state index in [2.05, 4.69) is 25.3 Å². The molecule has 2 aromatic heterocycles. The summed E-state index contributed by atoms with van der Waals surface area (Å²) in [6.45, 7) is 5.73. The second-order valence-electron chi connectivity index (χ2n) is 9.68. The molecule has 0 aliphatic carbocycles. The summed E-state index contributed by atoms with van der Waals surface area (Å²) in [7, 11) is 1.65. The molecule has 0 spiro atoms. The van der Waals surface area contributed by atoms with Gasteiger partial charge in [0.15, 0.2) is 12.4 Å². The summed E-state index contributed by atoms with van der Waals surface area (Å²) in [6.07, 6.45) is -1.43. The molecular weight excluding hydrogens is 507 g/mol. The standard InChI is InChI=1S/C23H28F3N9O3/c1-22(2)16-17(28-3)31-15(12-38-20(27)34-5-4-14(34)23(24,25)26)32-18(16)35(19(22)36)13-10-29-21(30-11-13)33-6-8-37-9-7-33/h10-11,14,27H,4-9,12H2,1-3H3,(H,28,31,32)/t14-/m0/s1. The lowest BCUT2D eigenvalue weighted by Crippen LogP contribution is -2.58. The third-order valence-electron chi connectivity index (χ3n) is 6.92. The quantitative estimate of drug-likeness (QED) is 0.434. The number of morpholine rings is 1. The predicted octanol–water partition coefficient (Wildman–Crippen LogP) is 2.19. The van der Waals surface area contributed by atoms with E-state index in [-0.39, 0.29) is 31.3 Å². The van der Waals surface area contributed by atoms with E-state index in [0.29, 0.717) is 55.1 Å². The maximum absolute atomic E-state index is 13.6. The highest BCUT2D eigenvalue weighted by Gasteiger charge is 2.51. The fourth-order valence-electron chi connectivity index (χ4n) is 4.74. The van der Waals surface area contributed by atoms with Gasteiger partial charge in [-0.15, -0.1) is 0 Å². The smallest absolute Gasteiger partial charge is 0.408 e. The van der Waals surface area contributed by atoms with Crippen LogP contribution >= 0.6 is 0 Å². The summed E-state index contributed by atoms with van der Waals surface area (Å²) in [5, 5.41) is 11.0. The molecule has 2 saturated heterocycles. The van der Waals surface area contributed by atoms with E-state index in [0.717, 1.165) is 4.90 Å². The van der Waals surface area contributed by atoms with Crippen molar-refractivity contribution in [2.24, 2.45) is 0 Å². The first kappa shape index (κ1) is 25.9.